The molecule has 0 unspecified atom stereocenters. The first-order valence-corrected chi connectivity index (χ1v) is 9.57. The van der Waals surface area contributed by atoms with E-state index in [0.717, 1.165) is 48.3 Å². The van der Waals surface area contributed by atoms with E-state index in [2.05, 4.69) is 20.0 Å². The van der Waals surface area contributed by atoms with E-state index in [9.17, 15) is 4.79 Å². The number of rotatable bonds is 3. The summed E-state index contributed by atoms with van der Waals surface area (Å²) in [5, 5.41) is 4.23. The summed E-state index contributed by atoms with van der Waals surface area (Å²) < 4.78 is 1.76. The molecule has 3 heterocycles. The van der Waals surface area contributed by atoms with Crippen molar-refractivity contribution in [2.45, 2.75) is 58.8 Å². The molecule has 0 radical (unpaired) electrons. The summed E-state index contributed by atoms with van der Waals surface area (Å²) in [6, 6.07) is 0. The number of aromatic nitrogens is 4. The molecular formula is C19H27N5O. The molecule has 0 spiro atoms. The van der Waals surface area contributed by atoms with Gasteiger partial charge in [-0.15, -0.1) is 0 Å². The highest BCUT2D eigenvalue weighted by molar-refractivity contribution is 5.76. The first kappa shape index (κ1) is 16.5. The summed E-state index contributed by atoms with van der Waals surface area (Å²) in [4.78, 5) is 23.5. The van der Waals surface area contributed by atoms with Gasteiger partial charge in [0.2, 0.25) is 5.91 Å². The van der Waals surface area contributed by atoms with Gasteiger partial charge in [-0.1, -0.05) is 19.3 Å². The van der Waals surface area contributed by atoms with Gasteiger partial charge in [-0.05, 0) is 50.5 Å². The number of carbonyl (C=O) groups is 1. The minimum atomic E-state index is 0.293. The third-order valence-corrected chi connectivity index (χ3v) is 6.22. The highest BCUT2D eigenvalue weighted by Crippen LogP contribution is 2.36. The van der Waals surface area contributed by atoms with E-state index in [-0.39, 0.29) is 0 Å². The van der Waals surface area contributed by atoms with Crippen LogP contribution in [0.4, 0.5) is 0 Å². The molecule has 134 valence electrons. The van der Waals surface area contributed by atoms with Crippen molar-refractivity contribution in [3.8, 4) is 0 Å². The standard InChI is InChI=1S/C19H27N5O/c1-13-17(14(2)24-19(22-13)20-12-21-24)7-8-18(25)23-10-9-15-5-3-4-6-16(15)11-23/h12,15-16H,3-11H2,1-2H3/t15-,16-/m0/s1. The molecule has 0 bridgehead atoms. The number of aryl methyl sites for hydroxylation is 2. The zero-order valence-electron chi connectivity index (χ0n) is 15.2. The molecule has 2 aromatic heterocycles. The summed E-state index contributed by atoms with van der Waals surface area (Å²) in [7, 11) is 0. The van der Waals surface area contributed by atoms with Gasteiger partial charge in [-0.2, -0.15) is 10.1 Å². The van der Waals surface area contributed by atoms with Crippen molar-refractivity contribution >= 4 is 11.7 Å². The lowest BCUT2D eigenvalue weighted by Gasteiger charge is -2.41. The van der Waals surface area contributed by atoms with Crippen LogP contribution in [-0.2, 0) is 11.2 Å². The van der Waals surface area contributed by atoms with Gasteiger partial charge < -0.3 is 4.90 Å². The second-order valence-corrected chi connectivity index (χ2v) is 7.67. The maximum Gasteiger partial charge on any atom is 0.252 e. The van der Waals surface area contributed by atoms with Crippen molar-refractivity contribution in [1.82, 2.24) is 24.5 Å². The maximum atomic E-state index is 12.8. The van der Waals surface area contributed by atoms with E-state index >= 15 is 0 Å². The van der Waals surface area contributed by atoms with Crippen molar-refractivity contribution in [2.75, 3.05) is 13.1 Å². The van der Waals surface area contributed by atoms with Crippen LogP contribution in [0, 0.1) is 25.7 Å². The lowest BCUT2D eigenvalue weighted by atomic mass is 9.75. The van der Waals surface area contributed by atoms with E-state index in [4.69, 9.17) is 0 Å². The Balaban J connectivity index is 1.42. The molecule has 1 aliphatic heterocycles. The van der Waals surface area contributed by atoms with Crippen LogP contribution in [0.25, 0.3) is 5.78 Å². The number of hydrogen-bond donors (Lipinski definition) is 0. The van der Waals surface area contributed by atoms with Crippen LogP contribution >= 0.6 is 0 Å². The molecule has 25 heavy (non-hydrogen) atoms. The average Bonchev–Trinajstić information content (AvgIpc) is 3.09. The zero-order valence-corrected chi connectivity index (χ0v) is 15.2. The third-order valence-electron chi connectivity index (χ3n) is 6.22. The fourth-order valence-corrected chi connectivity index (χ4v) is 4.73. The number of likely N-dealkylation sites (tertiary alicyclic amines) is 1. The lowest BCUT2D eigenvalue weighted by Crippen LogP contribution is -2.44. The van der Waals surface area contributed by atoms with Gasteiger partial charge in [0.15, 0.2) is 0 Å². The van der Waals surface area contributed by atoms with E-state index in [1.807, 2.05) is 13.8 Å². The summed E-state index contributed by atoms with van der Waals surface area (Å²) in [6.07, 6.45) is 9.40. The van der Waals surface area contributed by atoms with Crippen LogP contribution in [-0.4, -0.2) is 43.5 Å². The summed E-state index contributed by atoms with van der Waals surface area (Å²) >= 11 is 0. The van der Waals surface area contributed by atoms with Gasteiger partial charge in [-0.25, -0.2) is 9.50 Å². The predicted molar refractivity (Wildman–Crippen MR) is 95.2 cm³/mol. The number of carbonyl (C=O) groups excluding carboxylic acids is 1. The zero-order chi connectivity index (χ0) is 17.4. The number of fused-ring (bicyclic) bond motifs is 2. The molecule has 1 saturated carbocycles. The fourth-order valence-electron chi connectivity index (χ4n) is 4.73. The minimum Gasteiger partial charge on any atom is -0.342 e. The van der Waals surface area contributed by atoms with Crippen LogP contribution < -0.4 is 0 Å². The molecule has 2 fully saturated rings. The number of piperidine rings is 1. The molecule has 1 amide bonds. The Bertz CT molecular complexity index is 783. The van der Waals surface area contributed by atoms with Crippen molar-refractivity contribution in [1.29, 1.82) is 0 Å². The summed E-state index contributed by atoms with van der Waals surface area (Å²) in [6.45, 7) is 5.94. The van der Waals surface area contributed by atoms with E-state index in [1.54, 1.807) is 4.52 Å². The van der Waals surface area contributed by atoms with Gasteiger partial charge >= 0.3 is 0 Å². The Morgan fingerprint density at radius 3 is 2.84 bits per heavy atom. The molecule has 6 heteroatoms. The fraction of sp³-hybridized carbons (Fsp3) is 0.684. The Labute approximate surface area is 148 Å². The lowest BCUT2D eigenvalue weighted by molar-refractivity contribution is -0.134. The first-order chi connectivity index (χ1) is 12.1. The molecule has 2 atom stereocenters. The number of nitrogens with zero attached hydrogens (tertiary/aromatic N) is 5. The Morgan fingerprint density at radius 1 is 1.20 bits per heavy atom. The third kappa shape index (κ3) is 3.14. The van der Waals surface area contributed by atoms with Gasteiger partial charge in [0.05, 0.1) is 0 Å². The molecule has 2 aliphatic rings. The Hall–Kier alpha value is -1.98. The highest BCUT2D eigenvalue weighted by atomic mass is 16.2. The van der Waals surface area contributed by atoms with Crippen LogP contribution in [0.3, 0.4) is 0 Å². The normalized spacial score (nSPS) is 23.7. The summed E-state index contributed by atoms with van der Waals surface area (Å²) in [5.41, 5.74) is 3.12. The van der Waals surface area contributed by atoms with Gasteiger partial charge in [-0.3, -0.25) is 4.79 Å². The monoisotopic (exact) mass is 341 g/mol. The first-order valence-electron chi connectivity index (χ1n) is 9.57. The van der Waals surface area contributed by atoms with Gasteiger partial charge in [0, 0.05) is 30.9 Å². The van der Waals surface area contributed by atoms with Crippen molar-refractivity contribution in [2.24, 2.45) is 11.8 Å². The molecular weight excluding hydrogens is 314 g/mol. The Morgan fingerprint density at radius 2 is 2.00 bits per heavy atom. The van der Waals surface area contributed by atoms with Crippen LogP contribution in [0.1, 0.15) is 55.5 Å². The molecule has 4 rings (SSSR count). The van der Waals surface area contributed by atoms with Gasteiger partial charge in [0.1, 0.15) is 6.33 Å². The second-order valence-electron chi connectivity index (χ2n) is 7.67. The van der Waals surface area contributed by atoms with Crippen molar-refractivity contribution < 1.29 is 4.79 Å². The molecule has 6 nitrogen and oxygen atoms in total. The van der Waals surface area contributed by atoms with E-state index in [1.165, 1.54) is 38.4 Å². The molecule has 0 N–H and O–H groups in total. The number of amides is 1. The maximum absolute atomic E-state index is 12.8. The van der Waals surface area contributed by atoms with E-state index in [0.29, 0.717) is 18.1 Å². The topological polar surface area (TPSA) is 63.4 Å². The quantitative estimate of drug-likeness (QED) is 0.861. The Kier molecular flexibility index (Phi) is 4.44. The van der Waals surface area contributed by atoms with Crippen molar-refractivity contribution in [3.63, 3.8) is 0 Å². The minimum absolute atomic E-state index is 0.293. The second kappa shape index (κ2) is 6.73. The van der Waals surface area contributed by atoms with Crippen LogP contribution in [0.5, 0.6) is 0 Å². The van der Waals surface area contributed by atoms with E-state index < -0.39 is 0 Å². The highest BCUT2D eigenvalue weighted by Gasteiger charge is 2.32. The van der Waals surface area contributed by atoms with Crippen molar-refractivity contribution in [3.05, 3.63) is 23.3 Å². The van der Waals surface area contributed by atoms with Gasteiger partial charge in [0.25, 0.3) is 5.78 Å². The smallest absolute Gasteiger partial charge is 0.252 e. The molecule has 1 saturated heterocycles. The predicted octanol–water partition coefficient (Wildman–Crippen LogP) is 2.71. The molecule has 1 aliphatic carbocycles. The van der Waals surface area contributed by atoms with Crippen LogP contribution in [0.15, 0.2) is 6.33 Å². The SMILES string of the molecule is Cc1nc2ncnn2c(C)c1CCC(=O)N1CC[C@@H]2CCCC[C@H]2C1. The number of hydrogen-bond acceptors (Lipinski definition) is 4. The largest absolute Gasteiger partial charge is 0.342 e. The average molecular weight is 341 g/mol. The summed E-state index contributed by atoms with van der Waals surface area (Å²) in [5.74, 6) is 2.52. The molecule has 2 aromatic rings. The van der Waals surface area contributed by atoms with Crippen LogP contribution in [0.2, 0.25) is 0 Å². The molecule has 0 aromatic carbocycles.